The van der Waals surface area contributed by atoms with Crippen LogP contribution in [0.4, 0.5) is 5.95 Å². The molecule has 1 spiro atoms. The molecule has 0 saturated carbocycles. The molecule has 0 radical (unpaired) electrons. The highest BCUT2D eigenvalue weighted by Crippen LogP contribution is 2.44. The second-order valence-electron chi connectivity index (χ2n) is 7.26. The van der Waals surface area contributed by atoms with Gasteiger partial charge in [-0.3, -0.25) is 4.79 Å². The van der Waals surface area contributed by atoms with E-state index in [1.165, 1.54) is 0 Å². The van der Waals surface area contributed by atoms with Crippen LogP contribution >= 0.6 is 0 Å². The zero-order chi connectivity index (χ0) is 18.0. The molecule has 2 aromatic heterocycles. The SMILES string of the molecule is COC[C@H]1CC2(CCN(C(=O)c3ccco3)CC2)CN1c1ncccn1. The van der Waals surface area contributed by atoms with Crippen molar-refractivity contribution < 1.29 is 13.9 Å². The smallest absolute Gasteiger partial charge is 0.289 e. The summed E-state index contributed by atoms with van der Waals surface area (Å²) in [6, 6.07) is 5.59. The summed E-state index contributed by atoms with van der Waals surface area (Å²) >= 11 is 0. The number of hydrogen-bond donors (Lipinski definition) is 0. The number of rotatable bonds is 4. The zero-order valence-corrected chi connectivity index (χ0v) is 15.0. The van der Waals surface area contributed by atoms with Crippen LogP contribution < -0.4 is 4.90 Å². The number of carbonyl (C=O) groups excluding carboxylic acids is 1. The largest absolute Gasteiger partial charge is 0.459 e. The quantitative estimate of drug-likeness (QED) is 0.836. The Bertz CT molecular complexity index is 727. The molecule has 0 N–H and O–H groups in total. The van der Waals surface area contributed by atoms with Gasteiger partial charge >= 0.3 is 0 Å². The fourth-order valence-electron chi connectivity index (χ4n) is 4.28. The van der Waals surface area contributed by atoms with Gasteiger partial charge in [-0.25, -0.2) is 9.97 Å². The first kappa shape index (κ1) is 17.0. The molecule has 0 aromatic carbocycles. The minimum Gasteiger partial charge on any atom is -0.459 e. The predicted molar refractivity (Wildman–Crippen MR) is 95.9 cm³/mol. The van der Waals surface area contributed by atoms with Crippen molar-refractivity contribution in [1.82, 2.24) is 14.9 Å². The molecule has 2 aliphatic rings. The summed E-state index contributed by atoms with van der Waals surface area (Å²) in [7, 11) is 1.74. The van der Waals surface area contributed by atoms with Gasteiger partial charge < -0.3 is 19.0 Å². The zero-order valence-electron chi connectivity index (χ0n) is 15.0. The van der Waals surface area contributed by atoms with Crippen molar-refractivity contribution in [2.24, 2.45) is 5.41 Å². The van der Waals surface area contributed by atoms with Gasteiger partial charge in [-0.1, -0.05) is 0 Å². The maximum Gasteiger partial charge on any atom is 0.289 e. The van der Waals surface area contributed by atoms with Crippen molar-refractivity contribution in [2.75, 3.05) is 38.3 Å². The van der Waals surface area contributed by atoms with Crippen LogP contribution in [0.5, 0.6) is 0 Å². The lowest BCUT2D eigenvalue weighted by atomic mass is 9.76. The van der Waals surface area contributed by atoms with Crippen molar-refractivity contribution in [3.8, 4) is 0 Å². The van der Waals surface area contributed by atoms with Crippen molar-refractivity contribution in [2.45, 2.75) is 25.3 Å². The number of methoxy groups -OCH3 is 1. The Morgan fingerprint density at radius 3 is 2.73 bits per heavy atom. The average molecular weight is 356 g/mol. The normalized spacial score (nSPS) is 22.1. The number of anilines is 1. The molecule has 4 heterocycles. The average Bonchev–Trinajstić information content (AvgIpc) is 3.32. The van der Waals surface area contributed by atoms with E-state index in [2.05, 4.69) is 14.9 Å². The fourth-order valence-corrected chi connectivity index (χ4v) is 4.28. The number of piperidine rings is 1. The lowest BCUT2D eigenvalue weighted by molar-refractivity contribution is 0.0568. The maximum absolute atomic E-state index is 12.5. The summed E-state index contributed by atoms with van der Waals surface area (Å²) in [6.07, 6.45) is 8.10. The summed E-state index contributed by atoms with van der Waals surface area (Å²) in [5, 5.41) is 0. The second-order valence-corrected chi connectivity index (χ2v) is 7.26. The minimum atomic E-state index is -0.0143. The Morgan fingerprint density at radius 1 is 1.31 bits per heavy atom. The first-order valence-corrected chi connectivity index (χ1v) is 9.06. The third-order valence-electron chi connectivity index (χ3n) is 5.63. The second kappa shape index (κ2) is 7.07. The fraction of sp³-hybridized carbons (Fsp3) is 0.526. The van der Waals surface area contributed by atoms with Gasteiger partial charge in [-0.2, -0.15) is 0 Å². The highest BCUT2D eigenvalue weighted by molar-refractivity contribution is 5.91. The number of furan rings is 1. The third kappa shape index (κ3) is 3.19. The molecule has 2 aromatic rings. The summed E-state index contributed by atoms with van der Waals surface area (Å²) in [5.74, 6) is 1.17. The van der Waals surface area contributed by atoms with Gasteiger partial charge in [0.15, 0.2) is 5.76 Å². The molecule has 2 aliphatic heterocycles. The molecular weight excluding hydrogens is 332 g/mol. The molecule has 0 bridgehead atoms. The van der Waals surface area contributed by atoms with Gasteiger partial charge in [-0.15, -0.1) is 0 Å². The van der Waals surface area contributed by atoms with Gasteiger partial charge in [0.25, 0.3) is 5.91 Å². The van der Waals surface area contributed by atoms with Crippen LogP contribution in [0.2, 0.25) is 0 Å². The lowest BCUT2D eigenvalue weighted by Crippen LogP contribution is -2.44. The molecule has 4 rings (SSSR count). The van der Waals surface area contributed by atoms with Gasteiger partial charge in [0.1, 0.15) is 0 Å². The van der Waals surface area contributed by atoms with Crippen molar-refractivity contribution in [3.05, 3.63) is 42.6 Å². The van der Waals surface area contributed by atoms with E-state index in [0.717, 1.165) is 44.8 Å². The lowest BCUT2D eigenvalue weighted by Gasteiger charge is -2.38. The van der Waals surface area contributed by atoms with Crippen LogP contribution in [0.25, 0.3) is 0 Å². The van der Waals surface area contributed by atoms with Crippen LogP contribution in [-0.2, 0) is 4.74 Å². The van der Waals surface area contributed by atoms with E-state index in [9.17, 15) is 4.79 Å². The Hall–Kier alpha value is -2.41. The van der Waals surface area contributed by atoms with Crippen LogP contribution in [0.3, 0.4) is 0 Å². The van der Waals surface area contributed by atoms with Gasteiger partial charge in [-0.05, 0) is 42.9 Å². The summed E-state index contributed by atoms with van der Waals surface area (Å²) in [5.41, 5.74) is 0.183. The van der Waals surface area contributed by atoms with Gasteiger partial charge in [0, 0.05) is 39.1 Å². The Kier molecular flexibility index (Phi) is 4.63. The topological polar surface area (TPSA) is 71.7 Å². The predicted octanol–water partition coefficient (Wildman–Crippen LogP) is 2.22. The molecule has 7 nitrogen and oxygen atoms in total. The Balaban J connectivity index is 1.46. The van der Waals surface area contributed by atoms with E-state index < -0.39 is 0 Å². The summed E-state index contributed by atoms with van der Waals surface area (Å²) in [4.78, 5) is 25.5. The molecule has 7 heteroatoms. The molecule has 1 amide bonds. The third-order valence-corrected chi connectivity index (χ3v) is 5.63. The molecule has 0 aliphatic carbocycles. The maximum atomic E-state index is 12.5. The van der Waals surface area contributed by atoms with E-state index in [1.54, 1.807) is 37.9 Å². The molecule has 1 atom stereocenters. The number of amides is 1. The van der Waals surface area contributed by atoms with Crippen molar-refractivity contribution in [1.29, 1.82) is 0 Å². The molecule has 138 valence electrons. The highest BCUT2D eigenvalue weighted by Gasteiger charge is 2.47. The van der Waals surface area contributed by atoms with E-state index in [1.807, 2.05) is 11.0 Å². The summed E-state index contributed by atoms with van der Waals surface area (Å²) in [6.45, 7) is 3.08. The number of aromatic nitrogens is 2. The van der Waals surface area contributed by atoms with Crippen molar-refractivity contribution in [3.63, 3.8) is 0 Å². The number of hydrogen-bond acceptors (Lipinski definition) is 6. The number of ether oxygens (including phenoxy) is 1. The van der Waals surface area contributed by atoms with Crippen LogP contribution in [0.15, 0.2) is 41.3 Å². The van der Waals surface area contributed by atoms with Crippen LogP contribution in [0, 0.1) is 5.41 Å². The van der Waals surface area contributed by atoms with Crippen LogP contribution in [-0.4, -0.2) is 60.2 Å². The molecule has 0 unspecified atom stereocenters. The van der Waals surface area contributed by atoms with Gasteiger partial charge in [0.05, 0.1) is 18.9 Å². The molecule has 2 saturated heterocycles. The van der Waals surface area contributed by atoms with Crippen LogP contribution in [0.1, 0.15) is 29.8 Å². The molecule has 26 heavy (non-hydrogen) atoms. The van der Waals surface area contributed by atoms with Crippen molar-refractivity contribution >= 4 is 11.9 Å². The van der Waals surface area contributed by atoms with E-state index in [-0.39, 0.29) is 17.4 Å². The number of carbonyl (C=O) groups is 1. The van der Waals surface area contributed by atoms with E-state index >= 15 is 0 Å². The molecule has 2 fully saturated rings. The Labute approximate surface area is 153 Å². The van der Waals surface area contributed by atoms with E-state index in [4.69, 9.17) is 9.15 Å². The van der Waals surface area contributed by atoms with Gasteiger partial charge in [0.2, 0.25) is 5.95 Å². The first-order chi connectivity index (χ1) is 12.7. The molecular formula is C19H24N4O3. The first-order valence-electron chi connectivity index (χ1n) is 9.06. The monoisotopic (exact) mass is 356 g/mol. The summed E-state index contributed by atoms with van der Waals surface area (Å²) < 4.78 is 10.7. The minimum absolute atomic E-state index is 0.0143. The van der Waals surface area contributed by atoms with E-state index in [0.29, 0.717) is 12.4 Å². The standard InChI is InChI=1S/C19H24N4O3/c1-25-13-15-12-19(14-23(15)18-20-7-3-8-21-18)5-9-22(10-6-19)17(24)16-4-2-11-26-16/h2-4,7-8,11,15H,5-6,9-10,12-14H2,1H3/t15-/m1/s1. The highest BCUT2D eigenvalue weighted by atomic mass is 16.5. The Morgan fingerprint density at radius 2 is 2.08 bits per heavy atom. The number of likely N-dealkylation sites (tertiary alicyclic amines) is 1. The number of nitrogens with zero attached hydrogens (tertiary/aromatic N) is 4.